The normalized spacial score (nSPS) is 23.4. The molecule has 0 spiro atoms. The molecule has 0 saturated carbocycles. The van der Waals surface area contributed by atoms with Crippen LogP contribution >= 0.6 is 12.2 Å². The van der Waals surface area contributed by atoms with E-state index in [1.165, 1.54) is 25.0 Å². The van der Waals surface area contributed by atoms with E-state index in [0.717, 1.165) is 263 Å². The highest BCUT2D eigenvalue weighted by Crippen LogP contribution is 2.21. The monoisotopic (exact) mass is 1460 g/mol. The van der Waals surface area contributed by atoms with Crippen molar-refractivity contribution in [3.05, 3.63) is 99.6 Å². The largest absolute Gasteiger partial charge is 0.480 e. The van der Waals surface area contributed by atoms with Gasteiger partial charge in [0.15, 0.2) is 0 Å². The van der Waals surface area contributed by atoms with Crippen molar-refractivity contribution in [2.24, 2.45) is 4.99 Å². The number of hydrogen-bond acceptors (Lipinski definition) is 26. The number of benzene rings is 3. The lowest BCUT2D eigenvalue weighted by molar-refractivity contribution is -0.384. The number of rotatable bonds is 17. The molecule has 9 unspecified atom stereocenters. The number of non-ortho nitro benzene ring substituents is 1. The molecule has 0 radical (unpaired) electrons. The summed E-state index contributed by atoms with van der Waals surface area (Å²) in [6, 6.07) is 20.6. The van der Waals surface area contributed by atoms with Crippen LogP contribution in [0.15, 0.2) is 77.8 Å². The average molecular weight is 1460 g/mol. The molecule has 6 aliphatic rings. The predicted octanol–water partition coefficient (Wildman–Crippen LogP) is 3.63. The lowest BCUT2D eigenvalue weighted by Crippen LogP contribution is -2.50. The van der Waals surface area contributed by atoms with E-state index >= 15 is 0 Å². The van der Waals surface area contributed by atoms with Crippen molar-refractivity contribution in [2.75, 3.05) is 223 Å². The van der Waals surface area contributed by atoms with Crippen LogP contribution in [0.1, 0.15) is 74.5 Å². The predicted molar refractivity (Wildman–Crippen MR) is 393 cm³/mol. The third-order valence-electron chi connectivity index (χ3n) is 20.0. The first kappa shape index (κ1) is 88.1. The van der Waals surface area contributed by atoms with Gasteiger partial charge in [-0.2, -0.15) is 33.8 Å². The molecule has 9 atom stereocenters. The molecule has 30 heteroatoms. The van der Waals surface area contributed by atoms with E-state index < -0.39 is 41.0 Å². The maximum Gasteiger partial charge on any atom is 0.373 e. The summed E-state index contributed by atoms with van der Waals surface area (Å²) in [5.41, 5.74) is 10.6. The first-order valence-electron chi connectivity index (χ1n) is 36.3. The number of hydrogen-bond donors (Lipinski definition) is 4. The maximum absolute atomic E-state index is 12.2. The van der Waals surface area contributed by atoms with Gasteiger partial charge in [0.1, 0.15) is 18.1 Å². The standard InChI is InChI=1S/C24H37N5O2S.C23H37N5O4.C23H39N5O2.3CO2/c1-26-10-2-11-28-17-16-27(15-14-26)12-3-13-29(19-18-28)23(24(30)31)9-6-21-4-7-22(8-5-21)25-20-32;1-24-10-2-11-26-17-16-25(15-14-24)12-3-13-27(19-18-26)22(23(29)30)9-6-20-4-7-21(8-5-20)28(31)32;1-25-10-2-11-27-17-16-26(15-14-25)12-3-13-28(19-18-27)22(23(29)30)9-6-20-4-7-21(24)8-5-20;3*2-1-3/h4-5,7-8,23H,2-3,6,9-19H2,1H3,(H,30,31);4-5,7-8,22H,2-3,6,9-19H2,1H3,(H,29,30);4-5,7-8,22H,2-3,6,9-19,24H2,1H3,(H,29,30);;;. The SMILES string of the molecule is CN1CCCN2CCN(CCCN(C(CCc3ccc(N)cc3)C(=O)O)CC2)CC1.CN1CCCN2CCN(CCCN(C(CCc3ccc(N=C=S)cc3)C(=O)O)CC2)CC1.CN1CCCN2CCN(CCCN(C(CCc3ccc([N+](=O)[O-])cc3)C(=O)O)CC2)CC1.O=C=O.O=C=O.O=C=O. The Morgan fingerprint density at radius 3 is 0.913 bits per heavy atom. The van der Waals surface area contributed by atoms with Crippen molar-refractivity contribution in [1.29, 1.82) is 0 Å². The average Bonchev–Trinajstić information content (AvgIpc) is 0.898. The fourth-order valence-corrected chi connectivity index (χ4v) is 14.1. The number of nitro benzene ring substituents is 1. The van der Waals surface area contributed by atoms with Gasteiger partial charge in [0.05, 0.1) is 15.8 Å². The number of nitrogens with zero attached hydrogens (tertiary/aromatic N) is 14. The smallest absolute Gasteiger partial charge is 0.373 e. The Morgan fingerprint density at radius 2 is 0.650 bits per heavy atom. The van der Waals surface area contributed by atoms with E-state index in [9.17, 15) is 39.8 Å². The summed E-state index contributed by atoms with van der Waals surface area (Å²) in [7, 11) is 6.63. The molecule has 6 saturated heterocycles. The summed E-state index contributed by atoms with van der Waals surface area (Å²) in [5, 5.41) is 43.3. The number of nitrogens with two attached hydrogens (primary N) is 1. The highest BCUT2D eigenvalue weighted by molar-refractivity contribution is 7.78. The highest BCUT2D eigenvalue weighted by Gasteiger charge is 2.31. The van der Waals surface area contributed by atoms with Crippen LogP contribution in [0.25, 0.3) is 0 Å². The molecule has 6 aliphatic heterocycles. The van der Waals surface area contributed by atoms with Crippen LogP contribution in [-0.2, 0) is 62.4 Å². The molecule has 5 N–H and O–H groups in total. The zero-order valence-corrected chi connectivity index (χ0v) is 61.8. The Bertz CT molecular complexity index is 2930. The van der Waals surface area contributed by atoms with Crippen LogP contribution in [0, 0.1) is 10.1 Å². The molecule has 9 rings (SSSR count). The van der Waals surface area contributed by atoms with Gasteiger partial charge in [-0.3, -0.25) is 39.2 Å². The van der Waals surface area contributed by atoms with Crippen LogP contribution in [0.4, 0.5) is 17.1 Å². The van der Waals surface area contributed by atoms with Crippen LogP contribution in [-0.4, -0.2) is 356 Å². The van der Waals surface area contributed by atoms with Crippen LogP contribution in [0.5, 0.6) is 0 Å². The number of anilines is 1. The van der Waals surface area contributed by atoms with Crippen LogP contribution in [0.2, 0.25) is 0 Å². The Balaban J connectivity index is 0.000000309. The number of nitro groups is 1. The lowest BCUT2D eigenvalue weighted by atomic mass is 10.0. The van der Waals surface area contributed by atoms with Gasteiger partial charge in [0, 0.05) is 155 Å². The second-order valence-corrected chi connectivity index (χ2v) is 27.3. The summed E-state index contributed by atoms with van der Waals surface area (Å²) in [4.78, 5) is 129. The van der Waals surface area contributed by atoms with Gasteiger partial charge >= 0.3 is 36.4 Å². The first-order valence-corrected chi connectivity index (χ1v) is 36.7. The molecule has 3 aromatic carbocycles. The zero-order chi connectivity index (χ0) is 75.2. The number of aryl methyl sites for hydroxylation is 3. The van der Waals surface area contributed by atoms with E-state index in [0.29, 0.717) is 25.7 Å². The van der Waals surface area contributed by atoms with Crippen molar-refractivity contribution in [3.8, 4) is 0 Å². The van der Waals surface area contributed by atoms with Gasteiger partial charge in [-0.15, -0.1) is 0 Å². The van der Waals surface area contributed by atoms with Crippen LogP contribution in [0.3, 0.4) is 0 Å². The van der Waals surface area contributed by atoms with E-state index in [-0.39, 0.29) is 24.1 Å². The minimum Gasteiger partial charge on any atom is -0.480 e. The topological polar surface area (TPSA) is 335 Å². The van der Waals surface area contributed by atoms with Gasteiger partial charge < -0.3 is 65.2 Å². The third-order valence-corrected chi connectivity index (χ3v) is 20.1. The zero-order valence-electron chi connectivity index (χ0n) is 60.9. The third kappa shape index (κ3) is 36.3. The number of aliphatic imine (C=N–C) groups is 1. The Kier molecular flexibility index (Phi) is 44.3. The van der Waals surface area contributed by atoms with Gasteiger partial charge in [-0.05, 0) is 210 Å². The number of nitrogen functional groups attached to an aromatic ring is 1. The number of carboxylic acids is 3. The quantitative estimate of drug-likeness (QED) is 0.0493. The molecular weight excluding hydrogens is 1340 g/mol. The van der Waals surface area contributed by atoms with Crippen molar-refractivity contribution < 1.29 is 63.4 Å². The Morgan fingerprint density at radius 1 is 0.408 bits per heavy atom. The Labute approximate surface area is 613 Å². The minimum absolute atomic E-state index is 0.0589. The highest BCUT2D eigenvalue weighted by atomic mass is 32.1. The second-order valence-electron chi connectivity index (χ2n) is 27.2. The number of isothiocyanates is 1. The van der Waals surface area contributed by atoms with Gasteiger partial charge in [0.25, 0.3) is 5.69 Å². The summed E-state index contributed by atoms with van der Waals surface area (Å²) < 4.78 is 0. The number of aliphatic carboxylic acids is 3. The molecule has 0 aromatic heterocycles. The first-order chi connectivity index (χ1) is 49.7. The summed E-state index contributed by atoms with van der Waals surface area (Å²) in [5.74, 6) is -2.20. The molecule has 0 aliphatic carbocycles. The molecule has 0 amide bonds. The van der Waals surface area contributed by atoms with E-state index in [4.69, 9.17) is 34.5 Å². The Hall–Kier alpha value is -7.27. The van der Waals surface area contributed by atoms with Crippen molar-refractivity contribution >= 4 is 70.8 Å². The molecule has 6 heterocycles. The molecule has 103 heavy (non-hydrogen) atoms. The number of carbonyl (C=O) groups excluding carboxylic acids is 6. The number of carboxylic acid groups (broad SMARTS) is 3. The molecule has 3 aromatic rings. The van der Waals surface area contributed by atoms with Gasteiger partial charge in [0.2, 0.25) is 0 Å². The molecule has 29 nitrogen and oxygen atoms in total. The minimum atomic E-state index is -0.782. The fraction of sp³-hybridized carbons (Fsp3) is 0.658. The second kappa shape index (κ2) is 51.8. The number of thiocarbonyl (C=S) groups is 1. The summed E-state index contributed by atoms with van der Waals surface area (Å²) >= 11 is 4.65. The van der Waals surface area contributed by atoms with Gasteiger partial charge in [-0.25, -0.2) is 0 Å². The fourth-order valence-electron chi connectivity index (χ4n) is 14.0. The van der Waals surface area contributed by atoms with Crippen molar-refractivity contribution in [1.82, 2.24) is 58.8 Å². The summed E-state index contributed by atoms with van der Waals surface area (Å²) in [6.45, 7) is 30.3. The number of carbonyl (C=O) groups is 3. The van der Waals surface area contributed by atoms with E-state index in [2.05, 4.69) is 102 Å². The van der Waals surface area contributed by atoms with Crippen LogP contribution < -0.4 is 5.73 Å². The number of fused-ring (bicyclic) bond motifs is 9. The van der Waals surface area contributed by atoms with E-state index in [1.807, 2.05) is 48.5 Å². The molecule has 6 bridgehead atoms. The number of likely N-dealkylation sites (N-methyl/N-ethyl adjacent to an activating group) is 3. The van der Waals surface area contributed by atoms with E-state index in [1.54, 1.807) is 12.1 Å². The molecule has 570 valence electrons. The lowest BCUT2D eigenvalue weighted by Gasteiger charge is -2.36. The summed E-state index contributed by atoms with van der Waals surface area (Å²) in [6.07, 6.45) is 11.1. The van der Waals surface area contributed by atoms with Gasteiger partial charge in [-0.1, -0.05) is 36.4 Å². The molecular formula is C73H113N15O14S. The van der Waals surface area contributed by atoms with Crippen molar-refractivity contribution in [3.63, 3.8) is 0 Å². The molecule has 6 fully saturated rings. The van der Waals surface area contributed by atoms with Crippen molar-refractivity contribution in [2.45, 2.75) is 95.2 Å². The maximum atomic E-state index is 12.2.